The third kappa shape index (κ3) is 6.03. The summed E-state index contributed by atoms with van der Waals surface area (Å²) in [6.45, 7) is 7.54. The van der Waals surface area contributed by atoms with Crippen molar-refractivity contribution in [3.63, 3.8) is 0 Å². The van der Waals surface area contributed by atoms with E-state index in [1.807, 2.05) is 19.1 Å². The SMILES string of the molecule is CN=C(NCCc1nc(C)c(C)s1)NCc1coc(-c2ccc(C)cc2)n1.I. The van der Waals surface area contributed by atoms with Gasteiger partial charge in [0.05, 0.1) is 22.9 Å². The first kappa shape index (κ1) is 22.4. The number of halogens is 1. The van der Waals surface area contributed by atoms with Gasteiger partial charge in [0.1, 0.15) is 6.26 Å². The smallest absolute Gasteiger partial charge is 0.226 e. The van der Waals surface area contributed by atoms with E-state index >= 15 is 0 Å². The first-order chi connectivity index (χ1) is 13.0. The van der Waals surface area contributed by atoms with E-state index in [2.05, 4.69) is 51.6 Å². The van der Waals surface area contributed by atoms with Gasteiger partial charge in [-0.25, -0.2) is 9.97 Å². The van der Waals surface area contributed by atoms with E-state index in [9.17, 15) is 0 Å². The summed E-state index contributed by atoms with van der Waals surface area (Å²) in [6.07, 6.45) is 2.55. The second-order valence-corrected chi connectivity index (χ2v) is 7.65. The lowest BCUT2D eigenvalue weighted by atomic mass is 10.1. The highest BCUT2D eigenvalue weighted by Gasteiger charge is 2.08. The average molecular weight is 511 g/mol. The van der Waals surface area contributed by atoms with Crippen LogP contribution in [0.15, 0.2) is 39.9 Å². The summed E-state index contributed by atoms with van der Waals surface area (Å²) < 4.78 is 5.59. The lowest BCUT2D eigenvalue weighted by Crippen LogP contribution is -2.37. The number of thiazole rings is 1. The third-order valence-electron chi connectivity index (χ3n) is 4.21. The van der Waals surface area contributed by atoms with E-state index in [4.69, 9.17) is 4.42 Å². The van der Waals surface area contributed by atoms with Crippen molar-refractivity contribution in [1.29, 1.82) is 0 Å². The standard InChI is InChI=1S/C20H25N5OS.HI/c1-13-5-7-16(8-6-13)19-25-17(12-26-19)11-23-20(21-4)22-10-9-18-24-14(2)15(3)27-18;/h5-8,12H,9-11H2,1-4H3,(H2,21,22,23);1H. The van der Waals surface area contributed by atoms with E-state index < -0.39 is 0 Å². The fourth-order valence-corrected chi connectivity index (χ4v) is 3.48. The Bertz CT molecular complexity index is 898. The van der Waals surface area contributed by atoms with E-state index in [0.717, 1.165) is 40.9 Å². The van der Waals surface area contributed by atoms with Gasteiger partial charge in [0.15, 0.2) is 5.96 Å². The minimum absolute atomic E-state index is 0. The van der Waals surface area contributed by atoms with Gasteiger partial charge in [-0.15, -0.1) is 35.3 Å². The molecule has 0 unspecified atom stereocenters. The van der Waals surface area contributed by atoms with Gasteiger partial charge in [-0.3, -0.25) is 4.99 Å². The summed E-state index contributed by atoms with van der Waals surface area (Å²) in [5.41, 5.74) is 4.14. The maximum atomic E-state index is 5.59. The van der Waals surface area contributed by atoms with Crippen LogP contribution in [0.3, 0.4) is 0 Å². The molecule has 2 heterocycles. The monoisotopic (exact) mass is 511 g/mol. The van der Waals surface area contributed by atoms with Gasteiger partial charge in [0.2, 0.25) is 5.89 Å². The minimum Gasteiger partial charge on any atom is -0.444 e. The molecule has 0 spiro atoms. The second kappa shape index (κ2) is 10.6. The number of aromatic nitrogens is 2. The number of rotatable bonds is 6. The molecule has 3 aromatic rings. The lowest BCUT2D eigenvalue weighted by molar-refractivity contribution is 0.572. The minimum atomic E-state index is 0. The van der Waals surface area contributed by atoms with E-state index in [1.165, 1.54) is 10.4 Å². The lowest BCUT2D eigenvalue weighted by Gasteiger charge is -2.09. The molecule has 2 N–H and O–H groups in total. The molecular weight excluding hydrogens is 485 g/mol. The van der Waals surface area contributed by atoms with Crippen LogP contribution in [0.2, 0.25) is 0 Å². The number of hydrogen-bond acceptors (Lipinski definition) is 5. The Balaban J connectivity index is 0.00000280. The molecule has 0 saturated carbocycles. The molecule has 8 heteroatoms. The van der Waals surface area contributed by atoms with Gasteiger partial charge < -0.3 is 15.1 Å². The van der Waals surface area contributed by atoms with Crippen molar-refractivity contribution in [1.82, 2.24) is 20.6 Å². The van der Waals surface area contributed by atoms with Gasteiger partial charge >= 0.3 is 0 Å². The fraction of sp³-hybridized carbons (Fsp3) is 0.350. The summed E-state index contributed by atoms with van der Waals surface area (Å²) >= 11 is 1.75. The van der Waals surface area contributed by atoms with Gasteiger partial charge in [0.25, 0.3) is 0 Å². The number of nitrogens with one attached hydrogen (secondary N) is 2. The van der Waals surface area contributed by atoms with Crippen LogP contribution >= 0.6 is 35.3 Å². The molecule has 0 saturated heterocycles. The quantitative estimate of drug-likeness (QED) is 0.294. The second-order valence-electron chi connectivity index (χ2n) is 6.36. The van der Waals surface area contributed by atoms with Crippen LogP contribution in [0, 0.1) is 20.8 Å². The molecular formula is C20H26IN5OS. The van der Waals surface area contributed by atoms with E-state index in [1.54, 1.807) is 24.6 Å². The van der Waals surface area contributed by atoms with Crippen molar-refractivity contribution in [3.05, 3.63) is 57.4 Å². The molecule has 0 amide bonds. The summed E-state index contributed by atoms with van der Waals surface area (Å²) in [5, 5.41) is 7.72. The highest BCUT2D eigenvalue weighted by molar-refractivity contribution is 14.0. The van der Waals surface area contributed by atoms with Crippen molar-refractivity contribution in [2.24, 2.45) is 4.99 Å². The number of aryl methyl sites for hydroxylation is 3. The Hall–Kier alpha value is -1.94. The Labute approximate surface area is 186 Å². The molecule has 3 rings (SSSR count). The summed E-state index contributed by atoms with van der Waals surface area (Å²) in [4.78, 5) is 14.6. The van der Waals surface area contributed by atoms with Gasteiger partial charge in [0, 0.05) is 30.5 Å². The molecule has 2 aromatic heterocycles. The highest BCUT2D eigenvalue weighted by atomic mass is 127. The van der Waals surface area contributed by atoms with Crippen LogP contribution in [0.1, 0.15) is 26.8 Å². The largest absolute Gasteiger partial charge is 0.444 e. The van der Waals surface area contributed by atoms with E-state index in [-0.39, 0.29) is 24.0 Å². The van der Waals surface area contributed by atoms with Crippen LogP contribution in [0.5, 0.6) is 0 Å². The molecule has 150 valence electrons. The summed E-state index contributed by atoms with van der Waals surface area (Å²) in [7, 11) is 1.76. The highest BCUT2D eigenvalue weighted by Crippen LogP contribution is 2.19. The van der Waals surface area contributed by atoms with Crippen LogP contribution in [0.25, 0.3) is 11.5 Å². The average Bonchev–Trinajstić information content (AvgIpc) is 3.25. The van der Waals surface area contributed by atoms with Crippen LogP contribution < -0.4 is 10.6 Å². The Morgan fingerprint density at radius 3 is 2.50 bits per heavy atom. The molecule has 0 aliphatic carbocycles. The van der Waals surface area contributed by atoms with Crippen molar-refractivity contribution < 1.29 is 4.42 Å². The van der Waals surface area contributed by atoms with Crippen molar-refractivity contribution in [2.75, 3.05) is 13.6 Å². The van der Waals surface area contributed by atoms with Crippen LogP contribution in [0.4, 0.5) is 0 Å². The van der Waals surface area contributed by atoms with Crippen molar-refractivity contribution in [2.45, 2.75) is 33.7 Å². The maximum absolute atomic E-state index is 5.59. The molecule has 0 radical (unpaired) electrons. The molecule has 1 aromatic carbocycles. The summed E-state index contributed by atoms with van der Waals surface area (Å²) in [6, 6.07) is 8.13. The first-order valence-electron chi connectivity index (χ1n) is 8.94. The van der Waals surface area contributed by atoms with Crippen LogP contribution in [-0.2, 0) is 13.0 Å². The van der Waals surface area contributed by atoms with E-state index in [0.29, 0.717) is 12.4 Å². The van der Waals surface area contributed by atoms with Crippen LogP contribution in [-0.4, -0.2) is 29.5 Å². The maximum Gasteiger partial charge on any atom is 0.226 e. The topological polar surface area (TPSA) is 75.3 Å². The van der Waals surface area contributed by atoms with Crippen molar-refractivity contribution in [3.8, 4) is 11.5 Å². The number of guanidine groups is 1. The predicted octanol–water partition coefficient (Wildman–Crippen LogP) is 4.25. The molecule has 28 heavy (non-hydrogen) atoms. The zero-order valence-electron chi connectivity index (χ0n) is 16.6. The molecule has 6 nitrogen and oxygen atoms in total. The fourth-order valence-electron chi connectivity index (χ4n) is 2.55. The zero-order chi connectivity index (χ0) is 19.2. The van der Waals surface area contributed by atoms with Crippen molar-refractivity contribution >= 4 is 41.3 Å². The Morgan fingerprint density at radius 1 is 1.11 bits per heavy atom. The molecule has 0 atom stereocenters. The third-order valence-corrected chi connectivity index (χ3v) is 5.35. The van der Waals surface area contributed by atoms with Gasteiger partial charge in [-0.1, -0.05) is 17.7 Å². The number of nitrogens with zero attached hydrogens (tertiary/aromatic N) is 3. The Kier molecular flexibility index (Phi) is 8.43. The first-order valence-corrected chi connectivity index (χ1v) is 9.75. The van der Waals surface area contributed by atoms with Gasteiger partial charge in [-0.05, 0) is 32.9 Å². The number of oxazole rings is 1. The molecule has 0 aliphatic heterocycles. The molecule has 0 bridgehead atoms. The molecule has 0 aliphatic rings. The predicted molar refractivity (Wildman–Crippen MR) is 126 cm³/mol. The van der Waals surface area contributed by atoms with Gasteiger partial charge in [-0.2, -0.15) is 0 Å². The summed E-state index contributed by atoms with van der Waals surface area (Å²) in [5.74, 6) is 1.36. The normalized spacial score (nSPS) is 11.2. The zero-order valence-corrected chi connectivity index (χ0v) is 19.7. The Morgan fingerprint density at radius 2 is 1.86 bits per heavy atom. The number of benzene rings is 1. The number of hydrogen-bond donors (Lipinski definition) is 2. The molecule has 0 fully saturated rings. The number of aliphatic imine (C=N–C) groups is 1.